The van der Waals surface area contributed by atoms with E-state index in [1.54, 1.807) is 0 Å². The minimum atomic E-state index is -0.475. The van der Waals surface area contributed by atoms with Crippen molar-refractivity contribution in [2.75, 3.05) is 11.9 Å². The maximum absolute atomic E-state index is 12.3. The van der Waals surface area contributed by atoms with Crippen LogP contribution in [0.1, 0.15) is 63.2 Å². The zero-order chi connectivity index (χ0) is 16.0. The molecule has 0 aromatic heterocycles. The van der Waals surface area contributed by atoms with E-state index in [1.807, 2.05) is 45.0 Å². The average molecular weight is 301 g/mol. The summed E-state index contributed by atoms with van der Waals surface area (Å²) in [6.45, 7) is 6.51. The van der Waals surface area contributed by atoms with Gasteiger partial charge < -0.3 is 10.1 Å². The van der Waals surface area contributed by atoms with Crippen molar-refractivity contribution in [3.63, 3.8) is 0 Å². The highest BCUT2D eigenvalue weighted by Gasteiger charge is 2.20. The predicted octanol–water partition coefficient (Wildman–Crippen LogP) is 4.94. The third kappa shape index (κ3) is 5.21. The molecule has 3 nitrogen and oxygen atoms in total. The summed E-state index contributed by atoms with van der Waals surface area (Å²) in [6.07, 6.45) is 8.46. The monoisotopic (exact) mass is 301 g/mol. The molecule has 1 N–H and O–H groups in total. The molecule has 0 spiro atoms. The number of benzene rings is 1. The van der Waals surface area contributed by atoms with Crippen LogP contribution in [0.15, 0.2) is 35.9 Å². The van der Waals surface area contributed by atoms with Crippen molar-refractivity contribution in [3.05, 3.63) is 41.5 Å². The molecule has 2 rings (SSSR count). The molecule has 0 amide bonds. The molecule has 0 unspecified atom stereocenters. The topological polar surface area (TPSA) is 38.3 Å². The van der Waals surface area contributed by atoms with Crippen molar-refractivity contribution in [3.8, 4) is 0 Å². The van der Waals surface area contributed by atoms with Crippen molar-refractivity contribution in [2.24, 2.45) is 0 Å². The Bertz CT molecular complexity index is 541. The Hall–Kier alpha value is -1.77. The second kappa shape index (κ2) is 7.48. The summed E-state index contributed by atoms with van der Waals surface area (Å²) in [4.78, 5) is 12.3. The van der Waals surface area contributed by atoms with Gasteiger partial charge in [-0.05, 0) is 65.0 Å². The Morgan fingerprint density at radius 3 is 2.68 bits per heavy atom. The number of hydrogen-bond donors (Lipinski definition) is 1. The van der Waals surface area contributed by atoms with Crippen LogP contribution in [-0.2, 0) is 4.74 Å². The Morgan fingerprint density at radius 1 is 1.23 bits per heavy atom. The predicted molar refractivity (Wildman–Crippen MR) is 91.3 cm³/mol. The van der Waals surface area contributed by atoms with Gasteiger partial charge in [-0.15, -0.1) is 0 Å². The molecule has 0 saturated heterocycles. The first kappa shape index (κ1) is 16.6. The first-order valence-electron chi connectivity index (χ1n) is 8.20. The van der Waals surface area contributed by atoms with Gasteiger partial charge in [-0.25, -0.2) is 4.79 Å². The summed E-state index contributed by atoms with van der Waals surface area (Å²) in [6, 6.07) is 7.56. The van der Waals surface area contributed by atoms with Crippen molar-refractivity contribution >= 4 is 11.7 Å². The van der Waals surface area contributed by atoms with Crippen molar-refractivity contribution in [1.29, 1.82) is 0 Å². The Morgan fingerprint density at radius 2 is 2.00 bits per heavy atom. The molecule has 0 bridgehead atoms. The van der Waals surface area contributed by atoms with Gasteiger partial charge in [-0.2, -0.15) is 0 Å². The average Bonchev–Trinajstić information content (AvgIpc) is 2.47. The fraction of sp³-hybridized carbons (Fsp3) is 0.526. The van der Waals surface area contributed by atoms with Crippen LogP contribution in [0.4, 0.5) is 5.69 Å². The number of anilines is 1. The van der Waals surface area contributed by atoms with Gasteiger partial charge in [-0.1, -0.05) is 23.8 Å². The van der Waals surface area contributed by atoms with E-state index in [4.69, 9.17) is 4.74 Å². The minimum Gasteiger partial charge on any atom is -0.456 e. The third-order valence-corrected chi connectivity index (χ3v) is 3.69. The van der Waals surface area contributed by atoms with Crippen molar-refractivity contribution < 1.29 is 9.53 Å². The second-order valence-corrected chi connectivity index (χ2v) is 6.83. The lowest BCUT2D eigenvalue weighted by Crippen LogP contribution is -2.24. The first-order chi connectivity index (χ1) is 10.5. The van der Waals surface area contributed by atoms with Gasteiger partial charge in [-0.3, -0.25) is 0 Å². The zero-order valence-electron chi connectivity index (χ0n) is 13.9. The van der Waals surface area contributed by atoms with Gasteiger partial charge in [0.15, 0.2) is 0 Å². The molecule has 0 aliphatic heterocycles. The number of allylic oxidation sites excluding steroid dienone is 1. The molecule has 0 fully saturated rings. The molecule has 1 aromatic rings. The molecule has 0 atom stereocenters. The lowest BCUT2D eigenvalue weighted by atomic mass is 9.97. The number of nitrogens with one attached hydrogen (secondary N) is 1. The summed E-state index contributed by atoms with van der Waals surface area (Å²) in [5.41, 5.74) is 2.52. The van der Waals surface area contributed by atoms with Gasteiger partial charge in [0.05, 0.1) is 5.56 Å². The summed E-state index contributed by atoms with van der Waals surface area (Å²) in [7, 11) is 0. The van der Waals surface area contributed by atoms with E-state index in [0.717, 1.165) is 18.7 Å². The SMILES string of the molecule is CC(C)(C)OC(=O)c1ccccc1NCCC1=CCCCC1. The first-order valence-corrected chi connectivity index (χ1v) is 8.20. The fourth-order valence-corrected chi connectivity index (χ4v) is 2.64. The van der Waals surface area contributed by atoms with E-state index in [1.165, 1.54) is 31.3 Å². The van der Waals surface area contributed by atoms with Crippen LogP contribution in [0.25, 0.3) is 0 Å². The van der Waals surface area contributed by atoms with E-state index in [9.17, 15) is 4.79 Å². The summed E-state index contributed by atoms with van der Waals surface area (Å²) in [5, 5.41) is 3.39. The maximum atomic E-state index is 12.3. The number of carbonyl (C=O) groups excluding carboxylic acids is 1. The van der Waals surface area contributed by atoms with Gasteiger partial charge in [0.1, 0.15) is 5.60 Å². The van der Waals surface area contributed by atoms with Crippen LogP contribution < -0.4 is 5.32 Å². The number of esters is 1. The fourth-order valence-electron chi connectivity index (χ4n) is 2.64. The van der Waals surface area contributed by atoms with E-state index in [0.29, 0.717) is 5.56 Å². The lowest BCUT2D eigenvalue weighted by Gasteiger charge is -2.21. The molecule has 3 heteroatoms. The summed E-state index contributed by atoms with van der Waals surface area (Å²) < 4.78 is 5.47. The van der Waals surface area contributed by atoms with Crippen molar-refractivity contribution in [1.82, 2.24) is 0 Å². The number of rotatable bonds is 5. The van der Waals surface area contributed by atoms with Crippen LogP contribution in [0.2, 0.25) is 0 Å². The molecule has 1 aliphatic carbocycles. The number of ether oxygens (including phenoxy) is 1. The quantitative estimate of drug-likeness (QED) is 0.618. The normalized spacial score (nSPS) is 15.1. The number of hydrogen-bond acceptors (Lipinski definition) is 3. The largest absolute Gasteiger partial charge is 0.456 e. The minimum absolute atomic E-state index is 0.271. The highest BCUT2D eigenvalue weighted by Crippen LogP contribution is 2.22. The standard InChI is InChI=1S/C19H27NO2/c1-19(2,3)22-18(21)16-11-7-8-12-17(16)20-14-13-15-9-5-4-6-10-15/h7-9,11-12,20H,4-6,10,13-14H2,1-3H3. The van der Waals surface area contributed by atoms with Gasteiger partial charge >= 0.3 is 5.97 Å². The third-order valence-electron chi connectivity index (χ3n) is 3.69. The molecular formula is C19H27NO2. The molecule has 0 radical (unpaired) electrons. The molecule has 0 saturated carbocycles. The lowest BCUT2D eigenvalue weighted by molar-refractivity contribution is 0.00707. The molecule has 120 valence electrons. The Kier molecular flexibility index (Phi) is 5.64. The van der Waals surface area contributed by atoms with E-state index >= 15 is 0 Å². The number of para-hydroxylation sites is 1. The summed E-state index contributed by atoms with van der Waals surface area (Å²) in [5.74, 6) is -0.271. The molecule has 22 heavy (non-hydrogen) atoms. The van der Waals surface area contributed by atoms with Gasteiger partial charge in [0.2, 0.25) is 0 Å². The second-order valence-electron chi connectivity index (χ2n) is 6.83. The van der Waals surface area contributed by atoms with E-state index < -0.39 is 5.60 Å². The van der Waals surface area contributed by atoms with Gasteiger partial charge in [0, 0.05) is 12.2 Å². The summed E-state index contributed by atoms with van der Waals surface area (Å²) >= 11 is 0. The highest BCUT2D eigenvalue weighted by atomic mass is 16.6. The van der Waals surface area contributed by atoms with Crippen molar-refractivity contribution in [2.45, 2.75) is 58.5 Å². The number of carbonyl (C=O) groups is 1. The molecule has 1 aromatic carbocycles. The Balaban J connectivity index is 1.96. The van der Waals surface area contributed by atoms with Crippen LogP contribution in [0.3, 0.4) is 0 Å². The van der Waals surface area contributed by atoms with Gasteiger partial charge in [0.25, 0.3) is 0 Å². The highest BCUT2D eigenvalue weighted by molar-refractivity contribution is 5.95. The molecular weight excluding hydrogens is 274 g/mol. The van der Waals surface area contributed by atoms with E-state index in [2.05, 4.69) is 11.4 Å². The van der Waals surface area contributed by atoms with E-state index in [-0.39, 0.29) is 5.97 Å². The maximum Gasteiger partial charge on any atom is 0.340 e. The molecule has 1 aliphatic rings. The van der Waals surface area contributed by atoms with Crippen LogP contribution in [0.5, 0.6) is 0 Å². The smallest absolute Gasteiger partial charge is 0.340 e. The van der Waals surface area contributed by atoms with Crippen LogP contribution in [0, 0.1) is 0 Å². The Labute approximate surface area is 133 Å². The zero-order valence-corrected chi connectivity index (χ0v) is 13.9. The van der Waals surface area contributed by atoms with Crippen LogP contribution >= 0.6 is 0 Å². The molecule has 0 heterocycles. The van der Waals surface area contributed by atoms with Crippen LogP contribution in [-0.4, -0.2) is 18.1 Å².